The van der Waals surface area contributed by atoms with Crippen molar-refractivity contribution in [3.8, 4) is 11.4 Å². The molecule has 0 aliphatic carbocycles. The second kappa shape index (κ2) is 5.00. The van der Waals surface area contributed by atoms with Gasteiger partial charge in [0.2, 0.25) is 0 Å². The van der Waals surface area contributed by atoms with Crippen LogP contribution in [-0.4, -0.2) is 9.97 Å². The van der Waals surface area contributed by atoms with E-state index in [1.54, 1.807) is 30.3 Å². The normalized spacial score (nSPS) is 11.0. The molecule has 3 aromatic rings. The first-order valence-corrected chi connectivity index (χ1v) is 6.70. The van der Waals surface area contributed by atoms with Gasteiger partial charge in [-0.15, -0.1) is 0 Å². The molecule has 2 aromatic carbocycles. The molecule has 0 spiro atoms. The zero-order valence-electron chi connectivity index (χ0n) is 10.5. The molecule has 1 aromatic heterocycles. The molecule has 0 fully saturated rings. The third-order valence-electron chi connectivity index (χ3n) is 2.99. The molecule has 0 atom stereocenters. The molecule has 0 aliphatic rings. The Balaban J connectivity index is 2.30. The molecule has 3 rings (SSSR count). The molecule has 5 heteroatoms. The Morgan fingerprint density at radius 3 is 2.65 bits per heavy atom. The van der Waals surface area contributed by atoms with Gasteiger partial charge in [-0.05, 0) is 31.2 Å². The zero-order chi connectivity index (χ0) is 14.3. The van der Waals surface area contributed by atoms with Crippen LogP contribution in [0.2, 0.25) is 10.2 Å². The van der Waals surface area contributed by atoms with Gasteiger partial charge in [0, 0.05) is 0 Å². The SMILES string of the molecule is Cc1ccc(F)c(-c2nc(Cl)c3c(Cl)cccc3n2)c1. The highest BCUT2D eigenvalue weighted by Gasteiger charge is 2.13. The third kappa shape index (κ3) is 2.23. The van der Waals surface area contributed by atoms with Crippen LogP contribution in [0.1, 0.15) is 5.56 Å². The van der Waals surface area contributed by atoms with Gasteiger partial charge in [-0.3, -0.25) is 0 Å². The zero-order valence-corrected chi connectivity index (χ0v) is 12.0. The number of aryl methyl sites for hydroxylation is 1. The first-order chi connectivity index (χ1) is 9.56. The number of halogens is 3. The molecule has 100 valence electrons. The minimum atomic E-state index is -0.381. The lowest BCUT2D eigenvalue weighted by atomic mass is 10.1. The number of rotatable bonds is 1. The van der Waals surface area contributed by atoms with Gasteiger partial charge in [0.25, 0.3) is 0 Å². The summed E-state index contributed by atoms with van der Waals surface area (Å²) in [6.45, 7) is 1.88. The highest BCUT2D eigenvalue weighted by atomic mass is 35.5. The van der Waals surface area contributed by atoms with Gasteiger partial charge in [0.05, 0.1) is 21.5 Å². The Kier molecular flexibility index (Phi) is 3.32. The molecule has 0 bridgehead atoms. The molecule has 0 radical (unpaired) electrons. The molecule has 0 saturated heterocycles. The highest BCUT2D eigenvalue weighted by molar-refractivity contribution is 6.41. The average molecular weight is 307 g/mol. The predicted octanol–water partition coefficient (Wildman–Crippen LogP) is 5.05. The first kappa shape index (κ1) is 13.3. The van der Waals surface area contributed by atoms with E-state index in [2.05, 4.69) is 9.97 Å². The van der Waals surface area contributed by atoms with Crippen LogP contribution in [0.25, 0.3) is 22.3 Å². The summed E-state index contributed by atoms with van der Waals surface area (Å²) in [7, 11) is 0. The predicted molar refractivity (Wildman–Crippen MR) is 79.7 cm³/mol. The second-order valence-corrected chi connectivity index (χ2v) is 5.22. The monoisotopic (exact) mass is 306 g/mol. The highest BCUT2D eigenvalue weighted by Crippen LogP contribution is 2.31. The van der Waals surface area contributed by atoms with Gasteiger partial charge in [-0.2, -0.15) is 0 Å². The summed E-state index contributed by atoms with van der Waals surface area (Å²) in [6.07, 6.45) is 0. The molecule has 2 nitrogen and oxygen atoms in total. The lowest BCUT2D eigenvalue weighted by Crippen LogP contribution is -1.95. The fourth-order valence-corrected chi connectivity index (χ4v) is 2.62. The summed E-state index contributed by atoms with van der Waals surface area (Å²) in [5.41, 5.74) is 1.84. The summed E-state index contributed by atoms with van der Waals surface area (Å²) in [4.78, 5) is 8.51. The van der Waals surface area contributed by atoms with Crippen molar-refractivity contribution in [2.24, 2.45) is 0 Å². The van der Waals surface area contributed by atoms with Crippen molar-refractivity contribution in [1.82, 2.24) is 9.97 Å². The van der Waals surface area contributed by atoms with E-state index >= 15 is 0 Å². The quantitative estimate of drug-likeness (QED) is 0.588. The minimum absolute atomic E-state index is 0.219. The molecule has 0 unspecified atom stereocenters. The molecule has 0 N–H and O–H groups in total. The van der Waals surface area contributed by atoms with Crippen LogP contribution in [0.4, 0.5) is 4.39 Å². The standard InChI is InChI=1S/C15H9Cl2FN2/c1-8-5-6-11(18)9(7-8)15-19-12-4-2-3-10(16)13(12)14(17)20-15/h2-7H,1H3. The summed E-state index contributed by atoms with van der Waals surface area (Å²) >= 11 is 12.2. The van der Waals surface area contributed by atoms with Crippen LogP contribution in [0.15, 0.2) is 36.4 Å². The molecule has 1 heterocycles. The van der Waals surface area contributed by atoms with E-state index in [1.165, 1.54) is 6.07 Å². The summed E-state index contributed by atoms with van der Waals surface area (Å²) < 4.78 is 13.9. The van der Waals surface area contributed by atoms with Crippen LogP contribution >= 0.6 is 23.2 Å². The number of hydrogen-bond acceptors (Lipinski definition) is 2. The Morgan fingerprint density at radius 2 is 1.85 bits per heavy atom. The smallest absolute Gasteiger partial charge is 0.164 e. The van der Waals surface area contributed by atoms with Crippen LogP contribution in [-0.2, 0) is 0 Å². The number of nitrogens with zero attached hydrogens (tertiary/aromatic N) is 2. The van der Waals surface area contributed by atoms with Crippen molar-refractivity contribution in [2.45, 2.75) is 6.92 Å². The Hall–Kier alpha value is -1.71. The van der Waals surface area contributed by atoms with E-state index in [1.807, 2.05) is 6.92 Å². The molecular weight excluding hydrogens is 298 g/mol. The molecule has 20 heavy (non-hydrogen) atoms. The van der Waals surface area contributed by atoms with Crippen LogP contribution in [0, 0.1) is 12.7 Å². The lowest BCUT2D eigenvalue weighted by molar-refractivity contribution is 0.629. The van der Waals surface area contributed by atoms with Crippen molar-refractivity contribution < 1.29 is 4.39 Å². The Morgan fingerprint density at radius 1 is 1.05 bits per heavy atom. The van der Waals surface area contributed by atoms with Crippen LogP contribution in [0.3, 0.4) is 0 Å². The largest absolute Gasteiger partial charge is 0.228 e. The van der Waals surface area contributed by atoms with Crippen LogP contribution < -0.4 is 0 Å². The van der Waals surface area contributed by atoms with Gasteiger partial charge < -0.3 is 0 Å². The van der Waals surface area contributed by atoms with Crippen molar-refractivity contribution in [3.05, 3.63) is 58.0 Å². The van der Waals surface area contributed by atoms with E-state index < -0.39 is 0 Å². The number of fused-ring (bicyclic) bond motifs is 1. The molecule has 0 saturated carbocycles. The fourth-order valence-electron chi connectivity index (χ4n) is 2.03. The van der Waals surface area contributed by atoms with Crippen molar-refractivity contribution in [2.75, 3.05) is 0 Å². The van der Waals surface area contributed by atoms with E-state index in [-0.39, 0.29) is 16.8 Å². The second-order valence-electron chi connectivity index (χ2n) is 4.46. The van der Waals surface area contributed by atoms with Crippen molar-refractivity contribution in [1.29, 1.82) is 0 Å². The van der Waals surface area contributed by atoms with E-state index in [9.17, 15) is 4.39 Å². The number of hydrogen-bond donors (Lipinski definition) is 0. The fraction of sp³-hybridized carbons (Fsp3) is 0.0667. The summed E-state index contributed by atoms with van der Waals surface area (Å²) in [5, 5.41) is 1.27. The minimum Gasteiger partial charge on any atom is -0.228 e. The van der Waals surface area contributed by atoms with Crippen molar-refractivity contribution in [3.63, 3.8) is 0 Å². The summed E-state index contributed by atoms with van der Waals surface area (Å²) in [6, 6.07) is 10.0. The lowest BCUT2D eigenvalue weighted by Gasteiger charge is -2.07. The van der Waals surface area contributed by atoms with E-state index in [4.69, 9.17) is 23.2 Å². The van der Waals surface area contributed by atoms with Gasteiger partial charge in [-0.1, -0.05) is 40.9 Å². The van der Waals surface area contributed by atoms with Gasteiger partial charge in [0.1, 0.15) is 11.0 Å². The van der Waals surface area contributed by atoms with Gasteiger partial charge in [-0.25, -0.2) is 14.4 Å². The van der Waals surface area contributed by atoms with Gasteiger partial charge in [0.15, 0.2) is 5.82 Å². The number of aromatic nitrogens is 2. The van der Waals surface area contributed by atoms with E-state index in [0.29, 0.717) is 21.5 Å². The van der Waals surface area contributed by atoms with Crippen molar-refractivity contribution >= 4 is 34.1 Å². The van der Waals surface area contributed by atoms with Crippen LogP contribution in [0.5, 0.6) is 0 Å². The molecular formula is C15H9Cl2FN2. The Labute approximate surface area is 125 Å². The average Bonchev–Trinajstić information content (AvgIpc) is 2.41. The topological polar surface area (TPSA) is 25.8 Å². The maximum absolute atomic E-state index is 13.9. The maximum atomic E-state index is 13.9. The first-order valence-electron chi connectivity index (χ1n) is 5.94. The maximum Gasteiger partial charge on any atom is 0.164 e. The third-order valence-corrected chi connectivity index (χ3v) is 3.58. The molecule has 0 amide bonds. The number of benzene rings is 2. The van der Waals surface area contributed by atoms with Gasteiger partial charge >= 0.3 is 0 Å². The Bertz CT molecular complexity index is 818. The summed E-state index contributed by atoms with van der Waals surface area (Å²) in [5.74, 6) is -0.126. The molecule has 0 aliphatic heterocycles. The van der Waals surface area contributed by atoms with E-state index in [0.717, 1.165) is 5.56 Å².